The van der Waals surface area contributed by atoms with E-state index >= 15 is 0 Å². The van der Waals surface area contributed by atoms with Crippen LogP contribution in [0.15, 0.2) is 18.2 Å². The topological polar surface area (TPSA) is 72.2 Å². The lowest BCUT2D eigenvalue weighted by atomic mass is 9.96. The van der Waals surface area contributed by atoms with E-state index in [1.54, 1.807) is 19.1 Å². The molecule has 6 heteroatoms. The summed E-state index contributed by atoms with van der Waals surface area (Å²) in [5.41, 5.74) is 0.475. The minimum atomic E-state index is -0.530. The highest BCUT2D eigenvalue weighted by molar-refractivity contribution is 9.09. The lowest BCUT2D eigenvalue weighted by Gasteiger charge is -2.22. The van der Waals surface area contributed by atoms with E-state index in [1.165, 1.54) is 6.07 Å². The van der Waals surface area contributed by atoms with Crippen LogP contribution in [0.25, 0.3) is 0 Å². The largest absolute Gasteiger partial charge is 0.351 e. The van der Waals surface area contributed by atoms with Crippen molar-refractivity contribution < 1.29 is 9.72 Å². The Kier molecular flexibility index (Phi) is 5.05. The van der Waals surface area contributed by atoms with Gasteiger partial charge in [0.05, 0.1) is 4.92 Å². The van der Waals surface area contributed by atoms with Crippen LogP contribution in [0.5, 0.6) is 0 Å². The average molecular weight is 329 g/mol. The summed E-state index contributed by atoms with van der Waals surface area (Å²) >= 11 is 3.37. The van der Waals surface area contributed by atoms with Gasteiger partial charge in [-0.2, -0.15) is 0 Å². The third-order valence-electron chi connectivity index (χ3n) is 2.76. The van der Waals surface area contributed by atoms with Crippen LogP contribution in [0.3, 0.4) is 0 Å². The fourth-order valence-corrected chi connectivity index (χ4v) is 1.75. The molecule has 0 aromatic heterocycles. The average Bonchev–Trinajstić information content (AvgIpc) is 2.35. The van der Waals surface area contributed by atoms with Crippen molar-refractivity contribution in [2.75, 3.05) is 11.9 Å². The first kappa shape index (κ1) is 15.6. The Balaban J connectivity index is 2.97. The summed E-state index contributed by atoms with van der Waals surface area (Å²) in [6.45, 7) is 6.13. The molecule has 1 rings (SSSR count). The van der Waals surface area contributed by atoms with Crippen molar-refractivity contribution in [3.63, 3.8) is 0 Å². The minimum Gasteiger partial charge on any atom is -0.351 e. The first-order valence-electron chi connectivity index (χ1n) is 5.86. The van der Waals surface area contributed by atoms with Gasteiger partial charge in [0.2, 0.25) is 0 Å². The highest BCUT2D eigenvalue weighted by Crippen LogP contribution is 2.22. The minimum absolute atomic E-state index is 0.104. The third-order valence-corrected chi connectivity index (χ3v) is 4.28. The van der Waals surface area contributed by atoms with Gasteiger partial charge in [-0.25, -0.2) is 0 Å². The second-order valence-corrected chi connectivity index (χ2v) is 5.77. The van der Waals surface area contributed by atoms with Crippen molar-refractivity contribution in [2.45, 2.75) is 20.8 Å². The van der Waals surface area contributed by atoms with Crippen LogP contribution in [0.4, 0.5) is 5.69 Å². The van der Waals surface area contributed by atoms with Crippen LogP contribution in [-0.2, 0) is 0 Å². The smallest absolute Gasteiger partial charge is 0.282 e. The molecule has 104 valence electrons. The van der Waals surface area contributed by atoms with Crippen molar-refractivity contribution in [1.82, 2.24) is 5.32 Å². The third kappa shape index (κ3) is 4.02. The van der Waals surface area contributed by atoms with E-state index in [-0.39, 0.29) is 16.7 Å². The second kappa shape index (κ2) is 6.14. The van der Waals surface area contributed by atoms with Crippen molar-refractivity contribution in [1.29, 1.82) is 0 Å². The van der Waals surface area contributed by atoms with Gasteiger partial charge in [0.15, 0.2) is 0 Å². The summed E-state index contributed by atoms with van der Waals surface area (Å²) in [5.74, 6) is -0.404. The van der Waals surface area contributed by atoms with E-state index in [0.717, 1.165) is 5.33 Å². The van der Waals surface area contributed by atoms with Gasteiger partial charge in [-0.15, -0.1) is 0 Å². The SMILES string of the molecule is Cc1cccc([N+](=O)[O-])c1C(=O)NCC(C)(C)CBr. The number of nitrogens with one attached hydrogen (secondary N) is 1. The van der Waals surface area contributed by atoms with Gasteiger partial charge in [0, 0.05) is 17.9 Å². The Hall–Kier alpha value is -1.43. The summed E-state index contributed by atoms with van der Waals surface area (Å²) in [4.78, 5) is 22.5. The highest BCUT2D eigenvalue weighted by Gasteiger charge is 2.24. The Morgan fingerprint density at radius 2 is 2.11 bits per heavy atom. The van der Waals surface area contributed by atoms with Gasteiger partial charge in [-0.05, 0) is 17.9 Å². The lowest BCUT2D eigenvalue weighted by molar-refractivity contribution is -0.385. The first-order chi connectivity index (χ1) is 8.78. The van der Waals surface area contributed by atoms with Crippen LogP contribution in [0, 0.1) is 22.5 Å². The molecule has 0 aliphatic rings. The number of nitrogens with zero attached hydrogens (tertiary/aromatic N) is 1. The van der Waals surface area contributed by atoms with Gasteiger partial charge in [-0.1, -0.05) is 41.9 Å². The predicted molar refractivity (Wildman–Crippen MR) is 77.7 cm³/mol. The fraction of sp³-hybridized carbons (Fsp3) is 0.462. The molecule has 1 amide bonds. The molecular weight excluding hydrogens is 312 g/mol. The number of benzene rings is 1. The van der Waals surface area contributed by atoms with E-state index < -0.39 is 10.8 Å². The van der Waals surface area contributed by atoms with Crippen LogP contribution >= 0.6 is 15.9 Å². The van der Waals surface area contributed by atoms with E-state index in [1.807, 2.05) is 13.8 Å². The van der Waals surface area contributed by atoms with Crippen molar-refractivity contribution in [3.8, 4) is 0 Å². The zero-order valence-corrected chi connectivity index (χ0v) is 12.8. The van der Waals surface area contributed by atoms with Crippen LogP contribution < -0.4 is 5.32 Å². The van der Waals surface area contributed by atoms with Crippen molar-refractivity contribution in [3.05, 3.63) is 39.4 Å². The van der Waals surface area contributed by atoms with Crippen molar-refractivity contribution >= 4 is 27.5 Å². The number of amides is 1. The maximum atomic E-state index is 12.1. The molecule has 0 spiro atoms. The standard InChI is InChI=1S/C13H17BrN2O3/c1-9-5-4-6-10(16(18)19)11(9)12(17)15-8-13(2,3)7-14/h4-6H,7-8H2,1-3H3,(H,15,17). The van der Waals surface area contributed by atoms with Gasteiger partial charge in [-0.3, -0.25) is 14.9 Å². The highest BCUT2D eigenvalue weighted by atomic mass is 79.9. The number of rotatable bonds is 5. The Morgan fingerprint density at radius 3 is 2.63 bits per heavy atom. The predicted octanol–water partition coefficient (Wildman–Crippen LogP) is 3.05. The zero-order chi connectivity index (χ0) is 14.6. The Labute approximate surface area is 120 Å². The van der Waals surface area contributed by atoms with E-state index in [2.05, 4.69) is 21.2 Å². The molecule has 0 bridgehead atoms. The summed E-state index contributed by atoms with van der Waals surface area (Å²) in [5, 5.41) is 14.4. The van der Waals surface area contributed by atoms with E-state index in [9.17, 15) is 14.9 Å². The number of alkyl halides is 1. The molecule has 0 atom stereocenters. The maximum absolute atomic E-state index is 12.1. The second-order valence-electron chi connectivity index (χ2n) is 5.21. The Morgan fingerprint density at radius 1 is 1.47 bits per heavy atom. The molecular formula is C13H17BrN2O3. The van der Waals surface area contributed by atoms with Gasteiger partial charge < -0.3 is 5.32 Å². The molecule has 0 radical (unpaired) electrons. The zero-order valence-electron chi connectivity index (χ0n) is 11.2. The van der Waals surface area contributed by atoms with Crippen LogP contribution in [-0.4, -0.2) is 22.7 Å². The van der Waals surface area contributed by atoms with Crippen LogP contribution in [0.1, 0.15) is 29.8 Å². The molecule has 0 unspecified atom stereocenters. The molecule has 19 heavy (non-hydrogen) atoms. The summed E-state index contributed by atoms with van der Waals surface area (Å²) in [6.07, 6.45) is 0. The molecule has 1 aromatic carbocycles. The summed E-state index contributed by atoms with van der Waals surface area (Å²) in [6, 6.07) is 4.61. The lowest BCUT2D eigenvalue weighted by Crippen LogP contribution is -2.35. The molecule has 0 saturated heterocycles. The summed E-state index contributed by atoms with van der Waals surface area (Å²) in [7, 11) is 0. The van der Waals surface area contributed by atoms with Gasteiger partial charge in [0.25, 0.3) is 11.6 Å². The van der Waals surface area contributed by atoms with Gasteiger partial charge >= 0.3 is 0 Å². The molecule has 0 aliphatic carbocycles. The molecule has 1 N–H and O–H groups in total. The molecule has 0 fully saturated rings. The van der Waals surface area contributed by atoms with Crippen LogP contribution in [0.2, 0.25) is 0 Å². The van der Waals surface area contributed by atoms with E-state index in [4.69, 9.17) is 0 Å². The summed E-state index contributed by atoms with van der Waals surface area (Å²) < 4.78 is 0. The number of nitro benzene ring substituents is 1. The molecule has 1 aromatic rings. The normalized spacial score (nSPS) is 11.2. The fourth-order valence-electron chi connectivity index (χ4n) is 1.56. The maximum Gasteiger partial charge on any atom is 0.282 e. The molecule has 0 heterocycles. The number of carbonyl (C=O) groups excluding carboxylic acids is 1. The number of aryl methyl sites for hydroxylation is 1. The monoisotopic (exact) mass is 328 g/mol. The number of halogens is 1. The Bertz CT molecular complexity index is 501. The molecule has 5 nitrogen and oxygen atoms in total. The first-order valence-corrected chi connectivity index (χ1v) is 6.99. The van der Waals surface area contributed by atoms with E-state index in [0.29, 0.717) is 12.1 Å². The number of carbonyl (C=O) groups is 1. The van der Waals surface area contributed by atoms with Gasteiger partial charge in [0.1, 0.15) is 5.56 Å². The quantitative estimate of drug-likeness (QED) is 0.513. The molecule has 0 saturated carbocycles. The number of nitro groups is 1. The number of hydrogen-bond acceptors (Lipinski definition) is 3. The molecule has 0 aliphatic heterocycles. The number of hydrogen-bond donors (Lipinski definition) is 1. The van der Waals surface area contributed by atoms with Crippen molar-refractivity contribution in [2.24, 2.45) is 5.41 Å².